The minimum atomic E-state index is -1.56. The summed E-state index contributed by atoms with van der Waals surface area (Å²) in [6.45, 7) is 3.48. The van der Waals surface area contributed by atoms with E-state index in [1.807, 2.05) is 0 Å². The average molecular weight is 233 g/mol. The fraction of sp³-hybridized carbons (Fsp3) is 0.333. The van der Waals surface area contributed by atoms with E-state index in [9.17, 15) is 19.5 Å². The third-order valence-corrected chi connectivity index (χ3v) is 2.78. The van der Waals surface area contributed by atoms with Gasteiger partial charge < -0.3 is 5.11 Å². The molecule has 1 aromatic rings. The second-order valence-corrected chi connectivity index (χ2v) is 4.16. The Hall–Kier alpha value is -1.88. The molecule has 1 aliphatic rings. The van der Waals surface area contributed by atoms with Gasteiger partial charge in [0.2, 0.25) is 11.6 Å². The number of ketones is 3. The van der Waals surface area contributed by atoms with E-state index in [-0.39, 0.29) is 0 Å². The van der Waals surface area contributed by atoms with Crippen LogP contribution >= 0.6 is 0 Å². The van der Waals surface area contributed by atoms with Crippen LogP contribution in [-0.4, -0.2) is 33.5 Å². The zero-order valence-corrected chi connectivity index (χ0v) is 9.43. The predicted octanol–water partition coefficient (Wildman–Crippen LogP) is -0.136. The fourth-order valence-electron chi connectivity index (χ4n) is 2.07. The Bertz CT molecular complexity index is 515. The number of Topliss-reactive ketones (excluding diaryl/α,β-unsaturated/α-hetero) is 3. The molecule has 2 unspecified atom stereocenters. The number of aromatic nitrogens is 1. The van der Waals surface area contributed by atoms with Crippen molar-refractivity contribution in [3.8, 4) is 0 Å². The Kier molecular flexibility index (Phi) is 2.63. The van der Waals surface area contributed by atoms with Gasteiger partial charge in [0.25, 0.3) is 5.78 Å². The molecule has 1 aromatic heterocycles. The molecule has 0 spiro atoms. The van der Waals surface area contributed by atoms with Crippen LogP contribution < -0.4 is 0 Å². The van der Waals surface area contributed by atoms with Crippen LogP contribution in [0, 0.1) is 13.8 Å². The minimum Gasteiger partial charge on any atom is -0.384 e. The summed E-state index contributed by atoms with van der Waals surface area (Å²) in [6.07, 6.45) is -1.56. The highest BCUT2D eigenvalue weighted by atomic mass is 16.3. The van der Waals surface area contributed by atoms with Crippen LogP contribution in [0.1, 0.15) is 22.9 Å². The summed E-state index contributed by atoms with van der Waals surface area (Å²) >= 11 is 0. The van der Waals surface area contributed by atoms with Gasteiger partial charge in [0.15, 0.2) is 0 Å². The van der Waals surface area contributed by atoms with Crippen LogP contribution in [0.2, 0.25) is 0 Å². The van der Waals surface area contributed by atoms with E-state index in [0.717, 1.165) is 0 Å². The van der Waals surface area contributed by atoms with Crippen molar-refractivity contribution < 1.29 is 19.5 Å². The Balaban J connectivity index is 2.50. The van der Waals surface area contributed by atoms with Crippen LogP contribution in [0.4, 0.5) is 0 Å². The molecule has 0 amide bonds. The number of hydrogen-bond acceptors (Lipinski definition) is 5. The maximum absolute atomic E-state index is 11.6. The number of aliphatic hydroxyl groups is 1. The van der Waals surface area contributed by atoms with Crippen molar-refractivity contribution in [1.82, 2.24) is 4.98 Å². The first-order chi connectivity index (χ1) is 7.91. The molecule has 5 heteroatoms. The maximum Gasteiger partial charge on any atom is 0.267 e. The molecule has 1 fully saturated rings. The molecule has 0 bridgehead atoms. The lowest BCUT2D eigenvalue weighted by atomic mass is 9.94. The molecule has 1 saturated carbocycles. The van der Waals surface area contributed by atoms with Crippen LogP contribution in [-0.2, 0) is 14.4 Å². The molecule has 88 valence electrons. The summed E-state index contributed by atoms with van der Waals surface area (Å²) in [5, 5.41) is 9.62. The largest absolute Gasteiger partial charge is 0.384 e. The molecular formula is C12H11NO4. The van der Waals surface area contributed by atoms with Gasteiger partial charge in [0, 0.05) is 11.4 Å². The van der Waals surface area contributed by atoms with Crippen LogP contribution in [0.15, 0.2) is 12.1 Å². The fourth-order valence-corrected chi connectivity index (χ4v) is 2.07. The third kappa shape index (κ3) is 1.78. The molecule has 0 aliphatic heterocycles. The monoisotopic (exact) mass is 233 g/mol. The number of carbonyl (C=O) groups is 3. The topological polar surface area (TPSA) is 84.3 Å². The van der Waals surface area contributed by atoms with E-state index in [1.165, 1.54) is 0 Å². The standard InChI is InChI=1S/C12H11NO4/c1-5-3-7(4-6(2)13-5)8-9(14)11(16)12(17)10(8)15/h3-4,8-9,14H,1-2H3. The SMILES string of the molecule is Cc1cc(C2C(=O)C(=O)C(=O)C2O)cc(C)n1. The molecule has 5 nitrogen and oxygen atoms in total. The summed E-state index contributed by atoms with van der Waals surface area (Å²) in [7, 11) is 0. The summed E-state index contributed by atoms with van der Waals surface area (Å²) in [6, 6.07) is 3.20. The molecule has 17 heavy (non-hydrogen) atoms. The molecule has 0 aromatic carbocycles. The number of pyridine rings is 1. The second kappa shape index (κ2) is 3.85. The number of nitrogens with zero attached hydrogens (tertiary/aromatic N) is 1. The number of aryl methyl sites for hydroxylation is 2. The smallest absolute Gasteiger partial charge is 0.267 e. The van der Waals surface area contributed by atoms with E-state index >= 15 is 0 Å². The zero-order chi connectivity index (χ0) is 12.7. The van der Waals surface area contributed by atoms with E-state index in [2.05, 4.69) is 4.98 Å². The quantitative estimate of drug-likeness (QED) is 0.683. The van der Waals surface area contributed by atoms with Gasteiger partial charge in [0.05, 0.1) is 5.92 Å². The van der Waals surface area contributed by atoms with Crippen molar-refractivity contribution in [3.05, 3.63) is 29.1 Å². The van der Waals surface area contributed by atoms with Crippen molar-refractivity contribution >= 4 is 17.3 Å². The Labute approximate surface area is 97.5 Å². The normalized spacial score (nSPS) is 24.5. The van der Waals surface area contributed by atoms with Gasteiger partial charge in [-0.1, -0.05) is 0 Å². The molecule has 2 rings (SSSR count). The average Bonchev–Trinajstić information content (AvgIpc) is 2.42. The van der Waals surface area contributed by atoms with Crippen LogP contribution in [0.25, 0.3) is 0 Å². The van der Waals surface area contributed by atoms with E-state index < -0.39 is 29.4 Å². The summed E-state index contributed by atoms with van der Waals surface area (Å²) < 4.78 is 0. The lowest BCUT2D eigenvalue weighted by Crippen LogP contribution is -2.22. The van der Waals surface area contributed by atoms with Crippen LogP contribution in [0.5, 0.6) is 0 Å². The lowest BCUT2D eigenvalue weighted by molar-refractivity contribution is -0.141. The van der Waals surface area contributed by atoms with Crippen molar-refractivity contribution in [3.63, 3.8) is 0 Å². The van der Waals surface area contributed by atoms with Gasteiger partial charge in [-0.2, -0.15) is 0 Å². The van der Waals surface area contributed by atoms with Crippen molar-refractivity contribution in [1.29, 1.82) is 0 Å². The number of hydrogen-bond donors (Lipinski definition) is 1. The Morgan fingerprint density at radius 1 is 1.06 bits per heavy atom. The van der Waals surface area contributed by atoms with Crippen molar-refractivity contribution in [2.45, 2.75) is 25.9 Å². The number of carbonyl (C=O) groups excluding carboxylic acids is 3. The van der Waals surface area contributed by atoms with Gasteiger partial charge in [-0.3, -0.25) is 19.4 Å². The van der Waals surface area contributed by atoms with E-state index in [4.69, 9.17) is 0 Å². The first kappa shape index (κ1) is 11.6. The molecule has 0 saturated heterocycles. The molecule has 0 radical (unpaired) electrons. The first-order valence-corrected chi connectivity index (χ1v) is 5.17. The van der Waals surface area contributed by atoms with E-state index in [1.54, 1.807) is 26.0 Å². The predicted molar refractivity (Wildman–Crippen MR) is 57.5 cm³/mol. The highest BCUT2D eigenvalue weighted by Crippen LogP contribution is 2.28. The second-order valence-electron chi connectivity index (χ2n) is 4.16. The first-order valence-electron chi connectivity index (χ1n) is 5.17. The minimum absolute atomic E-state index is 0.465. The summed E-state index contributed by atoms with van der Waals surface area (Å²) in [5.41, 5.74) is 1.81. The zero-order valence-electron chi connectivity index (χ0n) is 9.43. The highest BCUT2D eigenvalue weighted by molar-refractivity contribution is 6.69. The van der Waals surface area contributed by atoms with Gasteiger partial charge in [-0.05, 0) is 31.5 Å². The van der Waals surface area contributed by atoms with Crippen molar-refractivity contribution in [2.75, 3.05) is 0 Å². The number of rotatable bonds is 1. The molecule has 2 atom stereocenters. The molecule has 1 heterocycles. The molecule has 1 N–H and O–H groups in total. The third-order valence-electron chi connectivity index (χ3n) is 2.78. The van der Waals surface area contributed by atoms with Gasteiger partial charge in [-0.25, -0.2) is 0 Å². The Morgan fingerprint density at radius 3 is 2.00 bits per heavy atom. The Morgan fingerprint density at radius 2 is 1.59 bits per heavy atom. The number of aliphatic hydroxyl groups excluding tert-OH is 1. The summed E-state index contributed by atoms with van der Waals surface area (Å²) in [5.74, 6) is -4.05. The molecular weight excluding hydrogens is 222 g/mol. The van der Waals surface area contributed by atoms with Gasteiger partial charge in [0.1, 0.15) is 6.10 Å². The van der Waals surface area contributed by atoms with Crippen LogP contribution in [0.3, 0.4) is 0 Å². The molecule has 1 aliphatic carbocycles. The highest BCUT2D eigenvalue weighted by Gasteiger charge is 2.48. The van der Waals surface area contributed by atoms with Crippen molar-refractivity contribution in [2.24, 2.45) is 0 Å². The maximum atomic E-state index is 11.6. The van der Waals surface area contributed by atoms with Gasteiger partial charge in [-0.15, -0.1) is 0 Å². The van der Waals surface area contributed by atoms with Gasteiger partial charge >= 0.3 is 0 Å². The van der Waals surface area contributed by atoms with E-state index in [0.29, 0.717) is 17.0 Å². The summed E-state index contributed by atoms with van der Waals surface area (Å²) in [4.78, 5) is 38.2. The lowest BCUT2D eigenvalue weighted by Gasteiger charge is -2.12.